The zero-order chi connectivity index (χ0) is 17.7. The number of hydrogen-bond acceptors (Lipinski definition) is 3. The molecular weight excluding hydrogens is 375 g/mol. The Morgan fingerprint density at radius 3 is 2.54 bits per heavy atom. The van der Waals surface area contributed by atoms with Gasteiger partial charge in [-0.25, -0.2) is 4.79 Å². The minimum Gasteiger partial charge on any atom is -0.493 e. The van der Waals surface area contributed by atoms with Crippen LogP contribution < -0.4 is 9.47 Å². The zero-order valence-corrected chi connectivity index (χ0v) is 14.8. The fourth-order valence-corrected chi connectivity index (χ4v) is 2.64. The van der Waals surface area contributed by atoms with Gasteiger partial charge >= 0.3 is 5.97 Å². The minimum absolute atomic E-state index is 0.0481. The summed E-state index contributed by atoms with van der Waals surface area (Å²) in [5.74, 6) is -0.230. The van der Waals surface area contributed by atoms with E-state index in [0.717, 1.165) is 6.08 Å². The Labute approximate surface area is 154 Å². The molecule has 7 heteroatoms. The number of rotatable bonds is 6. The molecule has 0 aliphatic heterocycles. The number of hydrogen-bond donors (Lipinski definition) is 1. The molecule has 0 amide bonds. The normalized spacial score (nSPS) is 10.8. The number of para-hydroxylation sites is 1. The third-order valence-electron chi connectivity index (χ3n) is 3.13. The summed E-state index contributed by atoms with van der Waals surface area (Å²) in [6.07, 6.45) is 2.43. The summed E-state index contributed by atoms with van der Waals surface area (Å²) in [5, 5.41) is 9.89. The van der Waals surface area contributed by atoms with Crippen molar-refractivity contribution in [2.24, 2.45) is 0 Å². The second-order valence-electron chi connectivity index (χ2n) is 4.66. The van der Waals surface area contributed by atoms with Gasteiger partial charge in [0.2, 0.25) is 0 Å². The molecule has 0 fully saturated rings. The van der Waals surface area contributed by atoms with Gasteiger partial charge < -0.3 is 14.6 Å². The highest BCUT2D eigenvalue weighted by atomic mass is 35.5. The smallest absolute Gasteiger partial charge is 0.328 e. The van der Waals surface area contributed by atoms with Gasteiger partial charge in [0.15, 0.2) is 11.5 Å². The van der Waals surface area contributed by atoms with Crippen LogP contribution in [0.15, 0.2) is 36.4 Å². The van der Waals surface area contributed by atoms with Crippen LogP contribution in [0.3, 0.4) is 0 Å². The summed E-state index contributed by atoms with van der Waals surface area (Å²) < 4.78 is 11.1. The van der Waals surface area contributed by atoms with E-state index in [1.54, 1.807) is 30.3 Å². The average molecular weight is 388 g/mol. The fourth-order valence-electron chi connectivity index (χ4n) is 1.99. The Kier molecular flexibility index (Phi) is 6.37. The number of carbonyl (C=O) groups is 1. The Bertz CT molecular complexity index is 788. The molecule has 24 heavy (non-hydrogen) atoms. The second-order valence-corrected chi connectivity index (χ2v) is 5.85. The van der Waals surface area contributed by atoms with Crippen LogP contribution >= 0.6 is 34.8 Å². The van der Waals surface area contributed by atoms with Gasteiger partial charge in [0.1, 0.15) is 6.61 Å². The number of halogens is 3. The summed E-state index contributed by atoms with van der Waals surface area (Å²) in [5.41, 5.74) is 1.08. The molecule has 0 aliphatic carbocycles. The van der Waals surface area contributed by atoms with Gasteiger partial charge in [0.05, 0.1) is 17.2 Å². The third kappa shape index (κ3) is 4.35. The molecule has 0 heterocycles. The molecule has 126 valence electrons. The van der Waals surface area contributed by atoms with E-state index in [1.807, 2.05) is 0 Å². The predicted molar refractivity (Wildman–Crippen MR) is 95.5 cm³/mol. The van der Waals surface area contributed by atoms with Crippen LogP contribution in [0.25, 0.3) is 6.08 Å². The maximum atomic E-state index is 10.7. The minimum atomic E-state index is -1.07. The Morgan fingerprint density at radius 1 is 1.17 bits per heavy atom. The molecule has 2 aromatic carbocycles. The van der Waals surface area contributed by atoms with Crippen molar-refractivity contribution in [2.75, 3.05) is 7.11 Å². The molecule has 0 atom stereocenters. The van der Waals surface area contributed by atoms with Gasteiger partial charge in [-0.15, -0.1) is 0 Å². The molecule has 0 saturated heterocycles. The molecule has 0 saturated carbocycles. The molecule has 0 aliphatic rings. The molecule has 0 unspecified atom stereocenters. The summed E-state index contributed by atoms with van der Waals surface area (Å²) in [7, 11) is 1.49. The van der Waals surface area contributed by atoms with Crippen molar-refractivity contribution >= 4 is 46.8 Å². The summed E-state index contributed by atoms with van der Waals surface area (Å²) in [6, 6.07) is 8.36. The first kappa shape index (κ1) is 18.5. The average Bonchev–Trinajstić information content (AvgIpc) is 2.56. The van der Waals surface area contributed by atoms with Gasteiger partial charge in [-0.3, -0.25) is 0 Å². The van der Waals surface area contributed by atoms with E-state index < -0.39 is 5.97 Å². The number of ether oxygens (including phenoxy) is 2. The number of aliphatic carboxylic acids is 1. The maximum Gasteiger partial charge on any atom is 0.328 e. The number of methoxy groups -OCH3 is 1. The molecule has 0 spiro atoms. The van der Waals surface area contributed by atoms with Crippen LogP contribution in [-0.2, 0) is 11.4 Å². The van der Waals surface area contributed by atoms with E-state index in [-0.39, 0.29) is 6.61 Å². The molecule has 0 radical (unpaired) electrons. The van der Waals surface area contributed by atoms with Crippen LogP contribution in [0.5, 0.6) is 11.5 Å². The number of carboxylic acids is 1. The summed E-state index contributed by atoms with van der Waals surface area (Å²) >= 11 is 18.3. The monoisotopic (exact) mass is 386 g/mol. The van der Waals surface area contributed by atoms with Crippen LogP contribution in [0, 0.1) is 0 Å². The van der Waals surface area contributed by atoms with E-state index in [9.17, 15) is 4.79 Å². The Balaban J connectivity index is 2.36. The van der Waals surface area contributed by atoms with Gasteiger partial charge in [0.25, 0.3) is 0 Å². The SMILES string of the molecule is COc1cccc(C=CC(=O)O)c1OCc1c(Cl)ccc(Cl)c1Cl. The maximum absolute atomic E-state index is 10.7. The van der Waals surface area contributed by atoms with Crippen LogP contribution in [0.2, 0.25) is 15.1 Å². The van der Waals surface area contributed by atoms with Crippen LogP contribution in [-0.4, -0.2) is 18.2 Å². The van der Waals surface area contributed by atoms with Crippen molar-refractivity contribution in [3.05, 3.63) is 62.6 Å². The van der Waals surface area contributed by atoms with Gasteiger partial charge in [-0.2, -0.15) is 0 Å². The summed E-state index contributed by atoms with van der Waals surface area (Å²) in [6.45, 7) is 0.0481. The van der Waals surface area contributed by atoms with Crippen molar-refractivity contribution in [2.45, 2.75) is 6.61 Å². The largest absolute Gasteiger partial charge is 0.493 e. The number of benzene rings is 2. The van der Waals surface area contributed by atoms with E-state index in [1.165, 1.54) is 13.2 Å². The van der Waals surface area contributed by atoms with Crippen molar-refractivity contribution in [3.8, 4) is 11.5 Å². The molecule has 2 rings (SSSR count). The lowest BCUT2D eigenvalue weighted by atomic mass is 10.1. The highest BCUT2D eigenvalue weighted by Gasteiger charge is 2.14. The second kappa shape index (κ2) is 8.29. The summed E-state index contributed by atoms with van der Waals surface area (Å²) in [4.78, 5) is 10.7. The highest BCUT2D eigenvalue weighted by molar-refractivity contribution is 6.44. The first-order valence-corrected chi connectivity index (χ1v) is 7.90. The van der Waals surface area contributed by atoms with Gasteiger partial charge in [-0.1, -0.05) is 46.9 Å². The quantitative estimate of drug-likeness (QED) is 0.537. The lowest BCUT2D eigenvalue weighted by Gasteiger charge is -2.15. The topological polar surface area (TPSA) is 55.8 Å². The van der Waals surface area contributed by atoms with Crippen LogP contribution in [0.1, 0.15) is 11.1 Å². The third-order valence-corrected chi connectivity index (χ3v) is 4.33. The standard InChI is InChI=1S/C17H13Cl3O4/c1-23-14-4-2-3-10(5-8-15(21)22)17(14)24-9-11-12(18)6-7-13(19)16(11)20/h2-8H,9H2,1H3,(H,21,22). The Morgan fingerprint density at radius 2 is 1.88 bits per heavy atom. The van der Waals surface area contributed by atoms with Crippen molar-refractivity contribution in [1.82, 2.24) is 0 Å². The predicted octanol–water partition coefficient (Wildman–Crippen LogP) is 5.33. The van der Waals surface area contributed by atoms with Gasteiger partial charge in [-0.05, 0) is 24.3 Å². The number of carboxylic acid groups (broad SMARTS) is 1. The molecule has 1 N–H and O–H groups in total. The van der Waals surface area contributed by atoms with E-state index >= 15 is 0 Å². The van der Waals surface area contributed by atoms with E-state index in [4.69, 9.17) is 49.4 Å². The highest BCUT2D eigenvalue weighted by Crippen LogP contribution is 2.36. The molecular formula is C17H13Cl3O4. The first-order valence-electron chi connectivity index (χ1n) is 6.77. The van der Waals surface area contributed by atoms with E-state index in [0.29, 0.717) is 37.7 Å². The lowest BCUT2D eigenvalue weighted by molar-refractivity contribution is -0.131. The van der Waals surface area contributed by atoms with Crippen LogP contribution in [0.4, 0.5) is 0 Å². The molecule has 4 nitrogen and oxygen atoms in total. The fraction of sp³-hybridized carbons (Fsp3) is 0.118. The zero-order valence-electron chi connectivity index (χ0n) is 12.6. The van der Waals surface area contributed by atoms with Gasteiger partial charge in [0, 0.05) is 22.2 Å². The first-order chi connectivity index (χ1) is 11.4. The van der Waals surface area contributed by atoms with Crippen molar-refractivity contribution in [3.63, 3.8) is 0 Å². The lowest BCUT2D eigenvalue weighted by Crippen LogP contribution is -2.01. The molecule has 0 aromatic heterocycles. The molecule has 0 bridgehead atoms. The Hall–Kier alpha value is -1.88. The van der Waals surface area contributed by atoms with E-state index in [2.05, 4.69) is 0 Å². The van der Waals surface area contributed by atoms with Crippen molar-refractivity contribution < 1.29 is 19.4 Å². The molecule has 2 aromatic rings. The van der Waals surface area contributed by atoms with Crippen molar-refractivity contribution in [1.29, 1.82) is 0 Å².